The zero-order valence-electron chi connectivity index (χ0n) is 11.0. The van der Waals surface area contributed by atoms with Crippen molar-refractivity contribution in [3.8, 4) is 0 Å². The highest BCUT2D eigenvalue weighted by Crippen LogP contribution is 2.07. The molecule has 3 heteroatoms. The molecule has 0 aliphatic heterocycles. The van der Waals surface area contributed by atoms with E-state index in [4.69, 9.17) is 4.74 Å². The van der Waals surface area contributed by atoms with Gasteiger partial charge in [-0.05, 0) is 38.7 Å². The predicted octanol–water partition coefficient (Wildman–Crippen LogP) is 2.92. The highest BCUT2D eigenvalue weighted by molar-refractivity contribution is 6.33. The second-order valence-corrected chi connectivity index (χ2v) is 4.57. The van der Waals surface area contributed by atoms with E-state index < -0.39 is 11.8 Å². The van der Waals surface area contributed by atoms with Crippen LogP contribution in [0.1, 0.15) is 38.7 Å². The molecule has 1 aromatic rings. The molecule has 0 saturated heterocycles. The molecule has 0 bridgehead atoms. The number of hydrogen-bond acceptors (Lipinski definition) is 3. The van der Waals surface area contributed by atoms with Crippen molar-refractivity contribution in [3.05, 3.63) is 35.9 Å². The van der Waals surface area contributed by atoms with E-state index in [0.29, 0.717) is 0 Å². The quantitative estimate of drug-likeness (QED) is 0.423. The molecule has 1 rings (SSSR count). The summed E-state index contributed by atoms with van der Waals surface area (Å²) >= 11 is 0. The van der Waals surface area contributed by atoms with Gasteiger partial charge in [0, 0.05) is 6.42 Å². The van der Waals surface area contributed by atoms with E-state index in [-0.39, 0.29) is 12.5 Å². The fourth-order valence-electron chi connectivity index (χ4n) is 1.64. The highest BCUT2D eigenvalue weighted by atomic mass is 16.5. The molecule has 0 spiro atoms. The lowest BCUT2D eigenvalue weighted by Crippen LogP contribution is -2.20. The Morgan fingerprint density at radius 1 is 1.11 bits per heavy atom. The van der Waals surface area contributed by atoms with Gasteiger partial charge in [0.05, 0.1) is 6.10 Å². The Morgan fingerprint density at radius 3 is 2.39 bits per heavy atom. The fourth-order valence-corrected chi connectivity index (χ4v) is 1.64. The summed E-state index contributed by atoms with van der Waals surface area (Å²) in [4.78, 5) is 22.7. The fraction of sp³-hybridized carbons (Fsp3) is 0.467. The van der Waals surface area contributed by atoms with Crippen molar-refractivity contribution in [3.63, 3.8) is 0 Å². The summed E-state index contributed by atoms with van der Waals surface area (Å²) < 4.78 is 4.84. The minimum atomic E-state index is -0.704. The molecule has 0 atom stereocenters. The minimum Gasteiger partial charge on any atom is -0.457 e. The Bertz CT molecular complexity index is 382. The number of rotatable bonds is 7. The number of unbranched alkanes of at least 4 members (excludes halogenated alkanes) is 1. The van der Waals surface area contributed by atoms with Crippen molar-refractivity contribution in [1.29, 1.82) is 0 Å². The molecule has 0 N–H and O–H groups in total. The van der Waals surface area contributed by atoms with Crippen LogP contribution in [0.25, 0.3) is 0 Å². The molecule has 98 valence electrons. The van der Waals surface area contributed by atoms with Crippen LogP contribution in [0.4, 0.5) is 0 Å². The van der Waals surface area contributed by atoms with Crippen LogP contribution in [0.2, 0.25) is 0 Å². The topological polar surface area (TPSA) is 43.4 Å². The second kappa shape index (κ2) is 7.64. The third-order valence-corrected chi connectivity index (χ3v) is 2.53. The highest BCUT2D eigenvalue weighted by Gasteiger charge is 2.15. The first-order chi connectivity index (χ1) is 8.59. The molecule has 0 heterocycles. The third-order valence-electron chi connectivity index (χ3n) is 2.53. The van der Waals surface area contributed by atoms with E-state index in [1.807, 2.05) is 18.2 Å². The summed E-state index contributed by atoms with van der Waals surface area (Å²) in [5.74, 6) is -1.12. The van der Waals surface area contributed by atoms with E-state index in [1.54, 1.807) is 13.8 Å². The monoisotopic (exact) mass is 248 g/mol. The molecule has 0 amide bonds. The molecule has 0 aliphatic rings. The lowest BCUT2D eigenvalue weighted by atomic mass is 10.1. The van der Waals surface area contributed by atoms with Gasteiger partial charge in [0.25, 0.3) is 0 Å². The van der Waals surface area contributed by atoms with Crippen LogP contribution >= 0.6 is 0 Å². The first-order valence-corrected chi connectivity index (χ1v) is 6.37. The average molecular weight is 248 g/mol. The van der Waals surface area contributed by atoms with Crippen molar-refractivity contribution in [2.75, 3.05) is 0 Å². The van der Waals surface area contributed by atoms with Gasteiger partial charge >= 0.3 is 5.97 Å². The zero-order chi connectivity index (χ0) is 13.4. The van der Waals surface area contributed by atoms with Gasteiger partial charge in [-0.1, -0.05) is 30.3 Å². The predicted molar refractivity (Wildman–Crippen MR) is 70.2 cm³/mol. The summed E-state index contributed by atoms with van der Waals surface area (Å²) in [6.45, 7) is 3.47. The van der Waals surface area contributed by atoms with Gasteiger partial charge in [-0.15, -0.1) is 0 Å². The van der Waals surface area contributed by atoms with Crippen molar-refractivity contribution in [1.82, 2.24) is 0 Å². The van der Waals surface area contributed by atoms with Crippen molar-refractivity contribution >= 4 is 11.8 Å². The van der Waals surface area contributed by atoms with E-state index in [9.17, 15) is 9.59 Å². The van der Waals surface area contributed by atoms with Crippen LogP contribution in [0.3, 0.4) is 0 Å². The number of esters is 1. The van der Waals surface area contributed by atoms with Crippen LogP contribution in [0, 0.1) is 0 Å². The molecule has 1 aromatic carbocycles. The van der Waals surface area contributed by atoms with Gasteiger partial charge in [-0.2, -0.15) is 0 Å². The van der Waals surface area contributed by atoms with Crippen molar-refractivity contribution in [2.24, 2.45) is 0 Å². The van der Waals surface area contributed by atoms with Crippen LogP contribution in [-0.2, 0) is 20.7 Å². The molecule has 0 aromatic heterocycles. The van der Waals surface area contributed by atoms with Gasteiger partial charge in [0.2, 0.25) is 5.78 Å². The Kier molecular flexibility index (Phi) is 6.12. The minimum absolute atomic E-state index is 0.231. The second-order valence-electron chi connectivity index (χ2n) is 4.57. The maximum atomic E-state index is 11.4. The summed E-state index contributed by atoms with van der Waals surface area (Å²) in [5, 5.41) is 0. The van der Waals surface area contributed by atoms with Crippen molar-refractivity contribution in [2.45, 2.75) is 45.6 Å². The van der Waals surface area contributed by atoms with Gasteiger partial charge < -0.3 is 4.74 Å². The first kappa shape index (κ1) is 14.4. The average Bonchev–Trinajstić information content (AvgIpc) is 2.34. The van der Waals surface area contributed by atoms with Gasteiger partial charge in [0.15, 0.2) is 0 Å². The Labute approximate surface area is 108 Å². The Balaban J connectivity index is 2.18. The largest absolute Gasteiger partial charge is 0.457 e. The molecule has 0 radical (unpaired) electrons. The Hall–Kier alpha value is -1.64. The van der Waals surface area contributed by atoms with Crippen LogP contribution in [-0.4, -0.2) is 17.9 Å². The van der Waals surface area contributed by atoms with Crippen LogP contribution < -0.4 is 0 Å². The lowest BCUT2D eigenvalue weighted by Gasteiger charge is -2.06. The number of Topliss-reactive ketones (excluding diaryl/α,β-unsaturated/α-hetero) is 1. The standard InChI is InChI=1S/C15H20O3/c1-12(2)18-15(17)14(16)11-7-6-10-13-8-4-3-5-9-13/h3-5,8-9,12H,6-7,10-11H2,1-2H3. The number of carbonyl (C=O) groups is 2. The van der Waals surface area contributed by atoms with Gasteiger partial charge in [-0.25, -0.2) is 4.79 Å². The van der Waals surface area contributed by atoms with E-state index in [2.05, 4.69) is 12.1 Å². The van der Waals surface area contributed by atoms with Crippen molar-refractivity contribution < 1.29 is 14.3 Å². The SMILES string of the molecule is CC(C)OC(=O)C(=O)CCCCc1ccccc1. The lowest BCUT2D eigenvalue weighted by molar-refractivity contribution is -0.156. The van der Waals surface area contributed by atoms with Gasteiger partial charge in [0.1, 0.15) is 0 Å². The number of carbonyl (C=O) groups excluding carboxylic acids is 2. The Morgan fingerprint density at radius 2 is 1.78 bits per heavy atom. The first-order valence-electron chi connectivity index (χ1n) is 6.37. The number of ketones is 1. The summed E-state index contributed by atoms with van der Waals surface area (Å²) in [6.07, 6.45) is 2.61. The van der Waals surface area contributed by atoms with Gasteiger partial charge in [-0.3, -0.25) is 4.79 Å². The molecular formula is C15H20O3. The smallest absolute Gasteiger partial charge is 0.374 e. The number of ether oxygens (including phenoxy) is 1. The number of aryl methyl sites for hydroxylation is 1. The summed E-state index contributed by atoms with van der Waals surface area (Å²) in [5.41, 5.74) is 1.26. The van der Waals surface area contributed by atoms with E-state index in [1.165, 1.54) is 5.56 Å². The van der Waals surface area contributed by atoms with E-state index in [0.717, 1.165) is 19.3 Å². The summed E-state index contributed by atoms with van der Waals surface area (Å²) in [7, 11) is 0. The molecule has 18 heavy (non-hydrogen) atoms. The number of hydrogen-bond donors (Lipinski definition) is 0. The van der Waals surface area contributed by atoms with Crippen LogP contribution in [0.5, 0.6) is 0 Å². The normalized spacial score (nSPS) is 10.4. The zero-order valence-corrected chi connectivity index (χ0v) is 11.0. The molecule has 0 unspecified atom stereocenters. The molecular weight excluding hydrogens is 228 g/mol. The molecule has 3 nitrogen and oxygen atoms in total. The van der Waals surface area contributed by atoms with Crippen LogP contribution in [0.15, 0.2) is 30.3 Å². The summed E-state index contributed by atoms with van der Waals surface area (Å²) in [6, 6.07) is 10.1. The maximum absolute atomic E-state index is 11.4. The maximum Gasteiger partial charge on any atom is 0.374 e. The number of benzene rings is 1. The molecule has 0 saturated carbocycles. The van der Waals surface area contributed by atoms with E-state index >= 15 is 0 Å². The molecule has 0 fully saturated rings. The molecule has 0 aliphatic carbocycles. The third kappa shape index (κ3) is 5.62.